The van der Waals surface area contributed by atoms with Crippen molar-refractivity contribution in [3.8, 4) is 0 Å². The molecule has 1 aliphatic carbocycles. The van der Waals surface area contributed by atoms with Crippen LogP contribution in [-0.4, -0.2) is 6.29 Å². The van der Waals surface area contributed by atoms with Gasteiger partial charge in [0.25, 0.3) is 0 Å². The largest absolute Gasteiger partial charge is 0.298 e. The third-order valence-corrected chi connectivity index (χ3v) is 3.00. The van der Waals surface area contributed by atoms with Gasteiger partial charge in [-0.25, -0.2) is 0 Å². The van der Waals surface area contributed by atoms with E-state index >= 15 is 0 Å². The molecule has 1 nitrogen and oxygen atoms in total. The van der Waals surface area contributed by atoms with Gasteiger partial charge >= 0.3 is 0 Å². The van der Waals surface area contributed by atoms with E-state index in [9.17, 15) is 4.79 Å². The molecule has 78 valence electrons. The normalized spacial score (nSPS) is 23.6. The van der Waals surface area contributed by atoms with Gasteiger partial charge in [-0.15, -0.1) is 0 Å². The van der Waals surface area contributed by atoms with E-state index in [1.807, 2.05) is 6.92 Å². The molecule has 0 bridgehead atoms. The Hall–Kier alpha value is -0.850. The molecule has 14 heavy (non-hydrogen) atoms. The molecule has 0 saturated carbocycles. The van der Waals surface area contributed by atoms with Gasteiger partial charge in [0, 0.05) is 0 Å². The summed E-state index contributed by atoms with van der Waals surface area (Å²) in [5, 5.41) is 0. The Kier molecular flexibility index (Phi) is 3.68. The molecular formula is C13H20O. The minimum absolute atomic E-state index is 0.113. The molecule has 1 heteroatoms. The van der Waals surface area contributed by atoms with Crippen LogP contribution < -0.4 is 0 Å². The summed E-state index contributed by atoms with van der Waals surface area (Å²) in [6, 6.07) is 0. The first-order valence-corrected chi connectivity index (χ1v) is 5.37. The maximum Gasteiger partial charge on any atom is 0.145 e. The topological polar surface area (TPSA) is 17.1 Å². The number of hydrogen-bond acceptors (Lipinski definition) is 1. The van der Waals surface area contributed by atoms with Crippen LogP contribution in [-0.2, 0) is 4.79 Å². The summed E-state index contributed by atoms with van der Waals surface area (Å²) in [6.45, 7) is 6.29. The van der Waals surface area contributed by atoms with Gasteiger partial charge in [-0.2, -0.15) is 0 Å². The summed E-state index contributed by atoms with van der Waals surface area (Å²) in [5.74, 6) is 0.589. The predicted octanol–water partition coefficient (Wildman–Crippen LogP) is 3.51. The second kappa shape index (κ2) is 4.59. The van der Waals surface area contributed by atoms with Crippen molar-refractivity contribution in [1.82, 2.24) is 0 Å². The lowest BCUT2D eigenvalue weighted by Gasteiger charge is -2.31. The number of carbonyl (C=O) groups is 1. The first-order valence-electron chi connectivity index (χ1n) is 5.37. The van der Waals surface area contributed by atoms with Gasteiger partial charge in [-0.3, -0.25) is 4.79 Å². The van der Waals surface area contributed by atoms with Gasteiger partial charge in [0.05, 0.1) is 0 Å². The van der Waals surface area contributed by atoms with Crippen LogP contribution in [0.3, 0.4) is 0 Å². The van der Waals surface area contributed by atoms with Crippen molar-refractivity contribution in [3.63, 3.8) is 0 Å². The third kappa shape index (κ3) is 2.83. The molecule has 1 atom stereocenters. The van der Waals surface area contributed by atoms with Crippen LogP contribution in [0.4, 0.5) is 0 Å². The van der Waals surface area contributed by atoms with Crippen molar-refractivity contribution < 1.29 is 4.79 Å². The lowest BCUT2D eigenvalue weighted by atomic mass is 9.73. The van der Waals surface area contributed by atoms with E-state index in [4.69, 9.17) is 0 Å². The predicted molar refractivity (Wildman–Crippen MR) is 60.1 cm³/mol. The van der Waals surface area contributed by atoms with Crippen molar-refractivity contribution in [2.24, 2.45) is 11.3 Å². The Bertz CT molecular complexity index is 258. The second-order valence-corrected chi connectivity index (χ2v) is 4.79. The molecule has 0 radical (unpaired) electrons. The number of carbonyl (C=O) groups excluding carboxylic acids is 1. The average molecular weight is 192 g/mol. The number of allylic oxidation sites excluding steroid dienone is 4. The highest BCUT2D eigenvalue weighted by molar-refractivity contribution is 5.72. The van der Waals surface area contributed by atoms with Crippen molar-refractivity contribution >= 4 is 6.29 Å². The van der Waals surface area contributed by atoms with E-state index in [2.05, 4.69) is 32.1 Å². The summed E-state index contributed by atoms with van der Waals surface area (Å²) < 4.78 is 0. The van der Waals surface area contributed by atoms with Crippen molar-refractivity contribution in [2.45, 2.75) is 40.0 Å². The van der Waals surface area contributed by atoms with Crippen LogP contribution in [0.1, 0.15) is 40.0 Å². The van der Waals surface area contributed by atoms with E-state index < -0.39 is 0 Å². The maximum absolute atomic E-state index is 10.6. The first kappa shape index (κ1) is 11.2. The minimum atomic E-state index is 0.113. The molecular weight excluding hydrogens is 172 g/mol. The maximum atomic E-state index is 10.6. The Labute approximate surface area is 86.9 Å². The highest BCUT2D eigenvalue weighted by atomic mass is 16.1. The number of aldehydes is 1. The van der Waals surface area contributed by atoms with E-state index in [1.54, 1.807) is 0 Å². The molecule has 0 aromatic carbocycles. The van der Waals surface area contributed by atoms with Crippen LogP contribution >= 0.6 is 0 Å². The standard InChI is InChI=1S/C13H20O/c1-11(10-14)9-13(2,3)12-7-5-4-6-8-12/h5,7,9-10,12H,4,6,8H2,1-3H3. The molecule has 0 spiro atoms. The lowest BCUT2D eigenvalue weighted by molar-refractivity contribution is -0.104. The van der Waals surface area contributed by atoms with Crippen LogP contribution in [0.2, 0.25) is 0 Å². The molecule has 1 unspecified atom stereocenters. The fraction of sp³-hybridized carbons (Fsp3) is 0.615. The Morgan fingerprint density at radius 1 is 1.50 bits per heavy atom. The van der Waals surface area contributed by atoms with Crippen LogP contribution in [0.25, 0.3) is 0 Å². The molecule has 0 aliphatic heterocycles. The van der Waals surface area contributed by atoms with E-state index in [1.165, 1.54) is 19.3 Å². The Morgan fingerprint density at radius 3 is 2.71 bits per heavy atom. The highest BCUT2D eigenvalue weighted by Gasteiger charge is 2.26. The summed E-state index contributed by atoms with van der Waals surface area (Å²) in [7, 11) is 0. The Morgan fingerprint density at radius 2 is 2.21 bits per heavy atom. The molecule has 1 rings (SSSR count). The molecule has 0 aromatic rings. The molecule has 0 fully saturated rings. The summed E-state index contributed by atoms with van der Waals surface area (Å²) in [5.41, 5.74) is 0.955. The second-order valence-electron chi connectivity index (χ2n) is 4.79. The Balaban J connectivity index is 2.77. The fourth-order valence-corrected chi connectivity index (χ4v) is 2.16. The molecule has 1 aliphatic rings. The smallest absolute Gasteiger partial charge is 0.145 e. The number of rotatable bonds is 3. The zero-order valence-corrected chi connectivity index (χ0v) is 9.42. The van der Waals surface area contributed by atoms with Gasteiger partial charge in [0.1, 0.15) is 6.29 Å². The van der Waals surface area contributed by atoms with Gasteiger partial charge < -0.3 is 0 Å². The molecule has 0 N–H and O–H groups in total. The molecule has 0 aromatic heterocycles. The summed E-state index contributed by atoms with van der Waals surface area (Å²) >= 11 is 0. The number of hydrogen-bond donors (Lipinski definition) is 0. The van der Waals surface area contributed by atoms with Gasteiger partial charge in [0.15, 0.2) is 0 Å². The first-order chi connectivity index (χ1) is 6.56. The average Bonchev–Trinajstić information content (AvgIpc) is 2.18. The van der Waals surface area contributed by atoms with Gasteiger partial charge in [0.2, 0.25) is 0 Å². The SMILES string of the molecule is CC(C=O)=CC(C)(C)C1C=CCCC1. The van der Waals surface area contributed by atoms with Crippen LogP contribution in [0.15, 0.2) is 23.8 Å². The van der Waals surface area contributed by atoms with E-state index in [-0.39, 0.29) is 5.41 Å². The quantitative estimate of drug-likeness (QED) is 0.380. The zero-order chi connectivity index (χ0) is 10.6. The lowest BCUT2D eigenvalue weighted by Crippen LogP contribution is -2.22. The van der Waals surface area contributed by atoms with Crippen molar-refractivity contribution in [3.05, 3.63) is 23.8 Å². The summed E-state index contributed by atoms with van der Waals surface area (Å²) in [4.78, 5) is 10.6. The monoisotopic (exact) mass is 192 g/mol. The molecule has 0 amide bonds. The molecule has 0 saturated heterocycles. The molecule has 0 heterocycles. The van der Waals surface area contributed by atoms with Crippen molar-refractivity contribution in [1.29, 1.82) is 0 Å². The minimum Gasteiger partial charge on any atom is -0.298 e. The van der Waals surface area contributed by atoms with Crippen LogP contribution in [0.5, 0.6) is 0 Å². The van der Waals surface area contributed by atoms with Crippen LogP contribution in [0, 0.1) is 11.3 Å². The van der Waals surface area contributed by atoms with E-state index in [0.717, 1.165) is 11.9 Å². The third-order valence-electron chi connectivity index (χ3n) is 3.00. The van der Waals surface area contributed by atoms with Gasteiger partial charge in [-0.1, -0.05) is 32.1 Å². The summed E-state index contributed by atoms with van der Waals surface area (Å²) in [6.07, 6.45) is 11.3. The van der Waals surface area contributed by atoms with Crippen molar-refractivity contribution in [2.75, 3.05) is 0 Å². The fourth-order valence-electron chi connectivity index (χ4n) is 2.16. The highest BCUT2D eigenvalue weighted by Crippen LogP contribution is 2.36. The van der Waals surface area contributed by atoms with Gasteiger partial charge in [-0.05, 0) is 43.1 Å². The van der Waals surface area contributed by atoms with E-state index in [0.29, 0.717) is 5.92 Å². The zero-order valence-electron chi connectivity index (χ0n) is 9.42.